The van der Waals surface area contributed by atoms with E-state index < -0.39 is 16.6 Å². The first-order chi connectivity index (χ1) is 14.0. The van der Waals surface area contributed by atoms with Gasteiger partial charge in [0.1, 0.15) is 11.5 Å². The second-order valence-corrected chi connectivity index (χ2v) is 17.1. The minimum atomic E-state index is -2.01. The van der Waals surface area contributed by atoms with Crippen LogP contribution in [-0.2, 0) is 4.12 Å². The van der Waals surface area contributed by atoms with Gasteiger partial charge in [0.25, 0.3) is 5.91 Å². The SMILES string of the molecule is CNC[Si](C)(C)O[Si](C)(C)CNC(=O)c1ccc(Oc2ccc(C(C)=O)cc2)cc1. The Kier molecular flexibility index (Phi) is 8.13. The van der Waals surface area contributed by atoms with E-state index in [2.05, 4.69) is 36.8 Å². The predicted molar refractivity (Wildman–Crippen MR) is 125 cm³/mol. The molecule has 0 saturated carbocycles. The van der Waals surface area contributed by atoms with Crippen molar-refractivity contribution in [2.45, 2.75) is 33.1 Å². The van der Waals surface area contributed by atoms with Gasteiger partial charge in [-0.3, -0.25) is 9.59 Å². The topological polar surface area (TPSA) is 76.7 Å². The minimum Gasteiger partial charge on any atom is -0.457 e. The number of ether oxygens (including phenoxy) is 1. The van der Waals surface area contributed by atoms with Gasteiger partial charge in [-0.25, -0.2) is 0 Å². The van der Waals surface area contributed by atoms with Gasteiger partial charge in [0, 0.05) is 23.5 Å². The highest BCUT2D eigenvalue weighted by Gasteiger charge is 2.33. The Hall–Kier alpha value is -2.27. The molecule has 162 valence electrons. The van der Waals surface area contributed by atoms with Gasteiger partial charge in [0.2, 0.25) is 0 Å². The second-order valence-electron chi connectivity index (χ2n) is 8.54. The molecule has 6 nitrogen and oxygen atoms in total. The van der Waals surface area contributed by atoms with E-state index in [1.54, 1.807) is 48.5 Å². The van der Waals surface area contributed by atoms with Crippen LogP contribution >= 0.6 is 0 Å². The number of benzene rings is 2. The Morgan fingerprint density at radius 3 is 1.73 bits per heavy atom. The molecule has 2 N–H and O–H groups in total. The van der Waals surface area contributed by atoms with Crippen LogP contribution in [0, 0.1) is 0 Å². The Balaban J connectivity index is 1.92. The zero-order chi connectivity index (χ0) is 22.4. The summed E-state index contributed by atoms with van der Waals surface area (Å²) < 4.78 is 12.2. The molecule has 8 heteroatoms. The van der Waals surface area contributed by atoms with Crippen molar-refractivity contribution in [2.75, 3.05) is 19.4 Å². The predicted octanol–water partition coefficient (Wildman–Crippen LogP) is 4.14. The van der Waals surface area contributed by atoms with Crippen molar-refractivity contribution in [3.8, 4) is 11.5 Å². The summed E-state index contributed by atoms with van der Waals surface area (Å²) in [6.07, 6.45) is 1.45. The van der Waals surface area contributed by atoms with Crippen LogP contribution in [0.3, 0.4) is 0 Å². The molecule has 0 spiro atoms. The summed E-state index contributed by atoms with van der Waals surface area (Å²) in [4.78, 5) is 23.9. The number of hydrogen-bond acceptors (Lipinski definition) is 5. The van der Waals surface area contributed by atoms with Crippen molar-refractivity contribution in [3.63, 3.8) is 0 Å². The smallest absolute Gasteiger partial charge is 0.251 e. The molecule has 0 atom stereocenters. The third-order valence-electron chi connectivity index (χ3n) is 4.44. The molecule has 0 heterocycles. The maximum atomic E-state index is 12.5. The lowest BCUT2D eigenvalue weighted by Gasteiger charge is -2.34. The summed E-state index contributed by atoms with van der Waals surface area (Å²) in [6, 6.07) is 14.0. The average Bonchev–Trinajstić information content (AvgIpc) is 2.66. The summed E-state index contributed by atoms with van der Waals surface area (Å²) in [6.45, 7) is 10.2. The van der Waals surface area contributed by atoms with E-state index in [4.69, 9.17) is 8.85 Å². The number of hydrogen-bond donors (Lipinski definition) is 2. The highest BCUT2D eigenvalue weighted by molar-refractivity contribution is 6.85. The molecular weight excluding hydrogens is 412 g/mol. The molecule has 0 aliphatic carbocycles. The molecule has 0 saturated heterocycles. The maximum Gasteiger partial charge on any atom is 0.251 e. The first kappa shape index (κ1) is 24.0. The van der Waals surface area contributed by atoms with Gasteiger partial charge in [-0.2, -0.15) is 0 Å². The molecule has 2 aromatic rings. The highest BCUT2D eigenvalue weighted by atomic mass is 28.4. The van der Waals surface area contributed by atoms with Crippen molar-refractivity contribution < 1.29 is 18.4 Å². The fourth-order valence-electron chi connectivity index (χ4n) is 3.21. The van der Waals surface area contributed by atoms with E-state index in [9.17, 15) is 9.59 Å². The first-order valence-corrected chi connectivity index (χ1v) is 16.3. The molecule has 0 aliphatic rings. The average molecular weight is 445 g/mol. The third kappa shape index (κ3) is 7.53. The van der Waals surface area contributed by atoms with Crippen molar-refractivity contribution in [1.29, 1.82) is 0 Å². The molecule has 2 rings (SSSR count). The van der Waals surface area contributed by atoms with Crippen molar-refractivity contribution in [1.82, 2.24) is 10.6 Å². The van der Waals surface area contributed by atoms with Gasteiger partial charge in [0.15, 0.2) is 22.4 Å². The van der Waals surface area contributed by atoms with Gasteiger partial charge >= 0.3 is 0 Å². The normalized spacial score (nSPS) is 11.8. The Bertz CT molecular complexity index is 866. The molecule has 30 heavy (non-hydrogen) atoms. The molecule has 1 amide bonds. The quantitative estimate of drug-likeness (QED) is 0.425. The summed E-state index contributed by atoms with van der Waals surface area (Å²) in [5, 5.41) is 6.21. The molecule has 0 fully saturated rings. The Morgan fingerprint density at radius 2 is 1.27 bits per heavy atom. The zero-order valence-corrected chi connectivity index (χ0v) is 20.7. The minimum absolute atomic E-state index is 0.0153. The second kappa shape index (κ2) is 10.2. The molecule has 2 aromatic carbocycles. The van der Waals surface area contributed by atoms with Crippen molar-refractivity contribution in [3.05, 3.63) is 59.7 Å². The summed E-state index contributed by atoms with van der Waals surface area (Å²) >= 11 is 0. The van der Waals surface area contributed by atoms with E-state index in [-0.39, 0.29) is 11.7 Å². The third-order valence-corrected chi connectivity index (χ3v) is 11.1. The van der Waals surface area contributed by atoms with Crippen LogP contribution in [0.5, 0.6) is 11.5 Å². The monoisotopic (exact) mass is 444 g/mol. The van der Waals surface area contributed by atoms with Crippen molar-refractivity contribution in [2.24, 2.45) is 0 Å². The van der Waals surface area contributed by atoms with Gasteiger partial charge in [-0.05, 0) is 88.7 Å². The number of ketones is 1. The molecular formula is C22H32N2O4Si2. The van der Waals surface area contributed by atoms with E-state index in [1.165, 1.54) is 6.92 Å². The number of carbonyl (C=O) groups excluding carboxylic acids is 2. The maximum absolute atomic E-state index is 12.5. The lowest BCUT2D eigenvalue weighted by atomic mass is 10.1. The van der Waals surface area contributed by atoms with Crippen LogP contribution < -0.4 is 15.4 Å². The van der Waals surface area contributed by atoms with Gasteiger partial charge < -0.3 is 19.5 Å². The first-order valence-electron chi connectivity index (χ1n) is 10.0. The number of carbonyl (C=O) groups is 2. The van der Waals surface area contributed by atoms with Crippen LogP contribution in [0.2, 0.25) is 26.2 Å². The standard InChI is InChI=1S/C22H32N2O4Si2/c1-17(25)18-7-11-20(12-8-18)27-21-13-9-19(10-14-21)22(26)24-16-30(5,6)28-29(3,4)15-23-2/h7-14,23H,15-16H2,1-6H3,(H,24,26). The lowest BCUT2D eigenvalue weighted by molar-refractivity contribution is 0.0957. The van der Waals surface area contributed by atoms with E-state index >= 15 is 0 Å². The van der Waals surface area contributed by atoms with Crippen molar-refractivity contribution >= 4 is 28.3 Å². The molecule has 0 aromatic heterocycles. The lowest BCUT2D eigenvalue weighted by Crippen LogP contribution is -2.55. The van der Waals surface area contributed by atoms with E-state index in [0.717, 1.165) is 6.17 Å². The highest BCUT2D eigenvalue weighted by Crippen LogP contribution is 2.22. The van der Waals surface area contributed by atoms with Gasteiger partial charge in [-0.1, -0.05) is 0 Å². The number of amides is 1. The van der Waals surface area contributed by atoms with Crippen LogP contribution in [0.15, 0.2) is 48.5 Å². The van der Waals surface area contributed by atoms with E-state index in [0.29, 0.717) is 28.8 Å². The molecule has 0 bridgehead atoms. The molecule has 0 radical (unpaired) electrons. The number of Topliss-reactive ketones (excluding diaryl/α,β-unsaturated/α-hetero) is 1. The fraction of sp³-hybridized carbons (Fsp3) is 0.364. The Labute approximate surface area is 181 Å². The summed E-state index contributed by atoms with van der Waals surface area (Å²) in [5.74, 6) is 1.15. The van der Waals surface area contributed by atoms with E-state index in [1.807, 2.05) is 7.05 Å². The molecule has 0 unspecified atom stereocenters. The Morgan fingerprint density at radius 1 is 0.800 bits per heavy atom. The van der Waals surface area contributed by atoms with Crippen LogP contribution in [0.1, 0.15) is 27.6 Å². The summed E-state index contributed by atoms with van der Waals surface area (Å²) in [7, 11) is -1.85. The summed E-state index contributed by atoms with van der Waals surface area (Å²) in [5.41, 5.74) is 1.22. The van der Waals surface area contributed by atoms with Crippen LogP contribution in [-0.4, -0.2) is 47.7 Å². The fourth-order valence-corrected chi connectivity index (χ4v) is 11.2. The zero-order valence-electron chi connectivity index (χ0n) is 18.7. The van der Waals surface area contributed by atoms with Crippen LogP contribution in [0.4, 0.5) is 0 Å². The van der Waals surface area contributed by atoms with Gasteiger partial charge in [0.05, 0.1) is 0 Å². The largest absolute Gasteiger partial charge is 0.457 e. The van der Waals surface area contributed by atoms with Gasteiger partial charge in [-0.15, -0.1) is 0 Å². The van der Waals surface area contributed by atoms with Crippen LogP contribution in [0.25, 0.3) is 0 Å². The molecule has 0 aliphatic heterocycles. The number of nitrogens with one attached hydrogen (secondary N) is 2. The number of rotatable bonds is 10.